The number of carbonyl (C=O) groups excluding carboxylic acids is 2. The number of amides is 2. The van der Waals surface area contributed by atoms with Crippen molar-refractivity contribution in [2.24, 2.45) is 5.73 Å². The lowest BCUT2D eigenvalue weighted by Crippen LogP contribution is -2.32. The third kappa shape index (κ3) is 3.04. The number of thiophene rings is 1. The van der Waals surface area contributed by atoms with E-state index in [1.807, 2.05) is 35.4 Å². The number of primary amides is 1. The number of aryl methyl sites for hydroxylation is 1. The van der Waals surface area contributed by atoms with Gasteiger partial charge < -0.3 is 10.6 Å². The molecule has 5 heteroatoms. The summed E-state index contributed by atoms with van der Waals surface area (Å²) in [6.45, 7) is 2.54. The van der Waals surface area contributed by atoms with E-state index in [4.69, 9.17) is 5.73 Å². The normalized spacial score (nSPS) is 13.9. The van der Waals surface area contributed by atoms with Gasteiger partial charge in [0.1, 0.15) is 0 Å². The van der Waals surface area contributed by atoms with Crippen molar-refractivity contribution in [2.45, 2.75) is 32.4 Å². The van der Waals surface area contributed by atoms with Crippen molar-refractivity contribution < 1.29 is 9.59 Å². The minimum Gasteiger partial charge on any atom is -0.366 e. The zero-order valence-electron chi connectivity index (χ0n) is 12.4. The minimum atomic E-state index is -0.434. The topological polar surface area (TPSA) is 63.4 Å². The number of nitrogens with zero attached hydrogens (tertiary/aromatic N) is 1. The second-order valence-electron chi connectivity index (χ2n) is 5.66. The summed E-state index contributed by atoms with van der Waals surface area (Å²) in [7, 11) is 0. The summed E-state index contributed by atoms with van der Waals surface area (Å²) < 4.78 is 0. The van der Waals surface area contributed by atoms with Crippen LogP contribution in [0.15, 0.2) is 35.7 Å². The fourth-order valence-corrected chi connectivity index (χ4v) is 3.33. The van der Waals surface area contributed by atoms with Crippen LogP contribution < -0.4 is 5.73 Å². The van der Waals surface area contributed by atoms with Crippen molar-refractivity contribution in [3.8, 4) is 0 Å². The maximum atomic E-state index is 12.8. The molecule has 0 radical (unpaired) electrons. The maximum absolute atomic E-state index is 12.8. The van der Waals surface area contributed by atoms with Gasteiger partial charge in [-0.15, -0.1) is 11.3 Å². The van der Waals surface area contributed by atoms with E-state index in [2.05, 4.69) is 0 Å². The quantitative estimate of drug-likeness (QED) is 0.922. The molecule has 0 spiro atoms. The minimum absolute atomic E-state index is 0.106. The van der Waals surface area contributed by atoms with E-state index in [0.29, 0.717) is 18.2 Å². The molecule has 2 aromatic rings. The van der Waals surface area contributed by atoms with E-state index >= 15 is 0 Å². The molecule has 2 N–H and O–H groups in total. The lowest BCUT2D eigenvalue weighted by Gasteiger charge is -2.22. The molecule has 1 saturated carbocycles. The first kappa shape index (κ1) is 14.8. The van der Waals surface area contributed by atoms with Gasteiger partial charge in [-0.3, -0.25) is 9.59 Å². The van der Waals surface area contributed by atoms with Gasteiger partial charge in [0.2, 0.25) is 5.91 Å². The zero-order valence-corrected chi connectivity index (χ0v) is 13.2. The van der Waals surface area contributed by atoms with Crippen LogP contribution in [0.5, 0.6) is 0 Å². The van der Waals surface area contributed by atoms with Gasteiger partial charge in [0.05, 0.1) is 4.88 Å². The maximum Gasteiger partial charge on any atom is 0.264 e. The zero-order chi connectivity index (χ0) is 15.7. The molecule has 0 bridgehead atoms. The van der Waals surface area contributed by atoms with E-state index in [1.165, 1.54) is 11.3 Å². The van der Waals surface area contributed by atoms with Crippen LogP contribution in [-0.2, 0) is 6.54 Å². The second-order valence-corrected chi connectivity index (χ2v) is 6.57. The number of rotatable bonds is 5. The molecule has 3 rings (SSSR count). The summed E-state index contributed by atoms with van der Waals surface area (Å²) >= 11 is 1.50. The van der Waals surface area contributed by atoms with Gasteiger partial charge in [0, 0.05) is 18.2 Å². The Morgan fingerprint density at radius 3 is 2.41 bits per heavy atom. The van der Waals surface area contributed by atoms with Gasteiger partial charge in [-0.05, 0) is 54.5 Å². The van der Waals surface area contributed by atoms with Crippen LogP contribution in [0.4, 0.5) is 0 Å². The lowest BCUT2D eigenvalue weighted by molar-refractivity contribution is 0.0734. The molecule has 1 aliphatic rings. The molecule has 0 saturated heterocycles. The van der Waals surface area contributed by atoms with Gasteiger partial charge in [0.25, 0.3) is 5.91 Å². The Hall–Kier alpha value is -2.14. The Labute approximate surface area is 133 Å². The molecule has 1 heterocycles. The smallest absolute Gasteiger partial charge is 0.264 e. The molecule has 1 aliphatic carbocycles. The van der Waals surface area contributed by atoms with Crippen molar-refractivity contribution in [1.29, 1.82) is 0 Å². The van der Waals surface area contributed by atoms with Crippen molar-refractivity contribution >= 4 is 23.2 Å². The third-order valence-electron chi connectivity index (χ3n) is 3.90. The fraction of sp³-hybridized carbons (Fsp3) is 0.294. The van der Waals surface area contributed by atoms with Crippen LogP contribution in [0.2, 0.25) is 0 Å². The predicted molar refractivity (Wildman–Crippen MR) is 86.9 cm³/mol. The van der Waals surface area contributed by atoms with E-state index in [1.54, 1.807) is 12.1 Å². The number of carbonyl (C=O) groups is 2. The number of hydrogen-bond donors (Lipinski definition) is 1. The number of hydrogen-bond acceptors (Lipinski definition) is 3. The third-order valence-corrected chi connectivity index (χ3v) is 4.90. The first-order valence-corrected chi connectivity index (χ1v) is 8.18. The van der Waals surface area contributed by atoms with Gasteiger partial charge in [-0.2, -0.15) is 0 Å². The summed E-state index contributed by atoms with van der Waals surface area (Å²) in [5.41, 5.74) is 7.78. The molecule has 114 valence electrons. The molecule has 1 aromatic heterocycles. The van der Waals surface area contributed by atoms with Gasteiger partial charge in [0.15, 0.2) is 0 Å². The molecule has 22 heavy (non-hydrogen) atoms. The number of nitrogens with two attached hydrogens (primary N) is 1. The molecule has 1 fully saturated rings. The Bertz CT molecular complexity index is 702. The Kier molecular flexibility index (Phi) is 3.98. The summed E-state index contributed by atoms with van der Waals surface area (Å²) in [4.78, 5) is 26.6. The first-order chi connectivity index (χ1) is 10.6. The summed E-state index contributed by atoms with van der Waals surface area (Å²) in [5.74, 6) is -0.329. The first-order valence-electron chi connectivity index (χ1n) is 7.30. The molecule has 0 unspecified atom stereocenters. The molecule has 2 amide bonds. The van der Waals surface area contributed by atoms with E-state index in [0.717, 1.165) is 28.8 Å². The molecular weight excluding hydrogens is 296 g/mol. The lowest BCUT2D eigenvalue weighted by atomic mass is 10.1. The molecule has 0 aliphatic heterocycles. The SMILES string of the molecule is Cc1ccsc1C(=O)N(Cc1ccc(C(N)=O)cc1)C1CC1. The van der Waals surface area contributed by atoms with Crippen LogP contribution in [0.1, 0.15) is 44.0 Å². The Morgan fingerprint density at radius 2 is 1.91 bits per heavy atom. The number of benzene rings is 1. The van der Waals surface area contributed by atoms with E-state index < -0.39 is 5.91 Å². The molecule has 4 nitrogen and oxygen atoms in total. The van der Waals surface area contributed by atoms with E-state index in [-0.39, 0.29) is 5.91 Å². The standard InChI is InChI=1S/C17H18N2O2S/c1-11-8-9-22-15(11)17(21)19(14-6-7-14)10-12-2-4-13(5-3-12)16(18)20/h2-5,8-9,14H,6-7,10H2,1H3,(H2,18,20). The highest BCUT2D eigenvalue weighted by atomic mass is 32.1. The van der Waals surface area contributed by atoms with Gasteiger partial charge in [-0.1, -0.05) is 12.1 Å². The van der Waals surface area contributed by atoms with Crippen LogP contribution in [0.3, 0.4) is 0 Å². The van der Waals surface area contributed by atoms with E-state index in [9.17, 15) is 9.59 Å². The summed E-state index contributed by atoms with van der Waals surface area (Å²) in [6, 6.07) is 9.47. The van der Waals surface area contributed by atoms with Crippen molar-refractivity contribution in [1.82, 2.24) is 4.90 Å². The molecule has 1 aromatic carbocycles. The monoisotopic (exact) mass is 314 g/mol. The van der Waals surface area contributed by atoms with Crippen molar-refractivity contribution in [3.63, 3.8) is 0 Å². The molecule has 0 atom stereocenters. The van der Waals surface area contributed by atoms with Crippen molar-refractivity contribution in [2.75, 3.05) is 0 Å². The van der Waals surface area contributed by atoms with Crippen LogP contribution >= 0.6 is 11.3 Å². The van der Waals surface area contributed by atoms with Crippen LogP contribution in [-0.4, -0.2) is 22.8 Å². The Morgan fingerprint density at radius 1 is 1.23 bits per heavy atom. The van der Waals surface area contributed by atoms with Crippen LogP contribution in [0.25, 0.3) is 0 Å². The average molecular weight is 314 g/mol. The predicted octanol–water partition coefficient (Wildman–Crippen LogP) is 2.96. The highest BCUT2D eigenvalue weighted by molar-refractivity contribution is 7.12. The Balaban J connectivity index is 1.79. The highest BCUT2D eigenvalue weighted by Crippen LogP contribution is 2.31. The molecular formula is C17H18N2O2S. The van der Waals surface area contributed by atoms with Gasteiger partial charge in [-0.25, -0.2) is 0 Å². The highest BCUT2D eigenvalue weighted by Gasteiger charge is 2.33. The summed E-state index contributed by atoms with van der Waals surface area (Å²) in [5, 5.41) is 1.95. The van der Waals surface area contributed by atoms with Gasteiger partial charge >= 0.3 is 0 Å². The summed E-state index contributed by atoms with van der Waals surface area (Å²) in [6.07, 6.45) is 2.13. The average Bonchev–Trinajstić information content (AvgIpc) is 3.26. The second kappa shape index (κ2) is 5.93. The fourth-order valence-electron chi connectivity index (χ4n) is 2.45. The van der Waals surface area contributed by atoms with Crippen LogP contribution in [0, 0.1) is 6.92 Å². The largest absolute Gasteiger partial charge is 0.366 e. The van der Waals surface area contributed by atoms with Crippen molar-refractivity contribution in [3.05, 3.63) is 57.3 Å².